The van der Waals surface area contributed by atoms with Crippen molar-refractivity contribution in [1.82, 2.24) is 19.1 Å². The van der Waals surface area contributed by atoms with Crippen LogP contribution >= 0.6 is 0 Å². The molecule has 3 rings (SSSR count). The van der Waals surface area contributed by atoms with Crippen molar-refractivity contribution in [2.24, 2.45) is 7.05 Å². The molecule has 9 heteroatoms. The maximum Gasteiger partial charge on any atom is 0.239 e. The second-order valence-electron chi connectivity index (χ2n) is 4.58. The molecule has 23 heavy (non-hydrogen) atoms. The van der Waals surface area contributed by atoms with E-state index in [9.17, 15) is 9.59 Å². The van der Waals surface area contributed by atoms with Crippen molar-refractivity contribution >= 4 is 11.0 Å². The molecule has 0 fully saturated rings. The first kappa shape index (κ1) is 22.2. The fourth-order valence-electron chi connectivity index (χ4n) is 2.10. The van der Waals surface area contributed by atoms with Gasteiger partial charge in [0, 0.05) is 75.8 Å². The van der Waals surface area contributed by atoms with Gasteiger partial charge in [-0.2, -0.15) is 12.1 Å². The van der Waals surface area contributed by atoms with Crippen molar-refractivity contribution in [2.75, 3.05) is 0 Å². The van der Waals surface area contributed by atoms with Gasteiger partial charge in [0.25, 0.3) is 0 Å². The van der Waals surface area contributed by atoms with Gasteiger partial charge in [-0.3, -0.25) is 30.0 Å². The first-order valence-electron chi connectivity index (χ1n) is 5.82. The zero-order chi connectivity index (χ0) is 14.6. The van der Waals surface area contributed by atoms with Gasteiger partial charge in [-0.15, -0.1) is 7.05 Å². The van der Waals surface area contributed by atoms with E-state index in [1.54, 1.807) is 23.7 Å². The van der Waals surface area contributed by atoms with Crippen molar-refractivity contribution in [3.05, 3.63) is 65.0 Å². The summed E-state index contributed by atoms with van der Waals surface area (Å²) in [6.07, 6.45) is 0. The summed E-state index contributed by atoms with van der Waals surface area (Å²) < 4.78 is 2.34. The SMILES string of the molecule is [CH2-]c1cc2nc3c(=O)n([CH2-])c(=O)nc-3n(C)c2cc1[CH2-].[W].[W].[W]. The zero-order valence-electron chi connectivity index (χ0n) is 12.1. The van der Waals surface area contributed by atoms with E-state index in [4.69, 9.17) is 0 Å². The van der Waals surface area contributed by atoms with Gasteiger partial charge in [-0.1, -0.05) is 0 Å². The van der Waals surface area contributed by atoms with E-state index >= 15 is 0 Å². The van der Waals surface area contributed by atoms with Crippen LogP contribution in [0.2, 0.25) is 0 Å². The van der Waals surface area contributed by atoms with E-state index in [-0.39, 0.29) is 74.7 Å². The van der Waals surface area contributed by atoms with Crippen LogP contribution in [-0.4, -0.2) is 19.1 Å². The molecule has 2 heterocycles. The number of aryl methyl sites for hydroxylation is 1. The maximum atomic E-state index is 12.1. The van der Waals surface area contributed by atoms with Gasteiger partial charge in [0.1, 0.15) is 11.5 Å². The Kier molecular flexibility index (Phi) is 7.55. The summed E-state index contributed by atoms with van der Waals surface area (Å²) >= 11 is 0. The van der Waals surface area contributed by atoms with Crippen LogP contribution in [0.1, 0.15) is 11.1 Å². The van der Waals surface area contributed by atoms with Crippen LogP contribution in [0.25, 0.3) is 22.6 Å². The molecule has 120 valence electrons. The molecule has 0 radical (unpaired) electrons. The zero-order valence-corrected chi connectivity index (χ0v) is 20.9. The molecule has 0 atom stereocenters. The normalized spacial score (nSPS) is 9.78. The fraction of sp³-hybridized carbons (Fsp3) is 0.0714. The van der Waals surface area contributed by atoms with Crippen LogP contribution in [-0.2, 0) is 70.2 Å². The summed E-state index contributed by atoms with van der Waals surface area (Å²) in [6, 6.07) is 3.54. The van der Waals surface area contributed by atoms with Crippen LogP contribution in [0.5, 0.6) is 0 Å². The Morgan fingerprint density at radius 2 is 1.57 bits per heavy atom. The predicted molar refractivity (Wildman–Crippen MR) is 75.3 cm³/mol. The first-order chi connectivity index (χ1) is 9.40. The molecule has 1 aromatic carbocycles. The number of nitrogens with zero attached hydrogens (tertiary/aromatic N) is 4. The summed E-state index contributed by atoms with van der Waals surface area (Å²) in [7, 11) is 5.08. The van der Waals surface area contributed by atoms with Crippen molar-refractivity contribution in [3.63, 3.8) is 0 Å². The van der Waals surface area contributed by atoms with E-state index < -0.39 is 11.2 Å². The number of aromatic nitrogens is 4. The third-order valence-corrected chi connectivity index (χ3v) is 3.30. The molecule has 0 saturated heterocycles. The Hall–Kier alpha value is -0.825. The molecule has 0 amide bonds. The van der Waals surface area contributed by atoms with E-state index in [0.717, 1.165) is 16.6 Å². The van der Waals surface area contributed by atoms with Crippen molar-refractivity contribution in [1.29, 1.82) is 0 Å². The van der Waals surface area contributed by atoms with Crippen molar-refractivity contribution in [3.8, 4) is 11.5 Å². The monoisotopic (exact) mass is 819 g/mol. The van der Waals surface area contributed by atoms with Gasteiger partial charge in [0.05, 0.1) is 0 Å². The molecule has 0 unspecified atom stereocenters. The van der Waals surface area contributed by atoms with Crippen LogP contribution in [0, 0.1) is 20.9 Å². The van der Waals surface area contributed by atoms with E-state index in [0.29, 0.717) is 10.1 Å². The summed E-state index contributed by atoms with van der Waals surface area (Å²) in [5, 5.41) is 0. The molecular formula is C14H11N4O2W3-3. The first-order valence-corrected chi connectivity index (χ1v) is 5.82. The second-order valence-corrected chi connectivity index (χ2v) is 4.58. The van der Waals surface area contributed by atoms with Gasteiger partial charge >= 0.3 is 0 Å². The molecule has 0 aromatic heterocycles. The number of fused-ring (bicyclic) bond motifs is 2. The molecule has 2 aliphatic rings. The molecule has 0 saturated carbocycles. The molecule has 0 spiro atoms. The Balaban J connectivity index is 0.00000161. The molecule has 0 bridgehead atoms. The van der Waals surface area contributed by atoms with Crippen LogP contribution in [0.3, 0.4) is 0 Å². The van der Waals surface area contributed by atoms with E-state index in [1.165, 1.54) is 0 Å². The van der Waals surface area contributed by atoms with Gasteiger partial charge in [0.2, 0.25) is 5.69 Å². The number of rotatable bonds is 0. The fourth-order valence-corrected chi connectivity index (χ4v) is 2.10. The summed E-state index contributed by atoms with van der Waals surface area (Å²) in [4.78, 5) is 31.8. The third kappa shape index (κ3) is 3.50. The molecule has 1 aromatic rings. The minimum absolute atomic E-state index is 0. The topological polar surface area (TPSA) is 69.8 Å². The molecule has 6 nitrogen and oxygen atoms in total. The Bertz CT molecular complexity index is 949. The Labute approximate surface area is 175 Å². The number of hydrogen-bond acceptors (Lipinski definition) is 4. The van der Waals surface area contributed by atoms with Crippen LogP contribution in [0.15, 0.2) is 21.7 Å². The minimum Gasteiger partial charge on any atom is -0.399 e. The standard InChI is InChI=1S/C14H11N4O2.3W/c1-7-5-9-10(6-8(7)2)17(3)12-11(15-9)13(19)18(4)14(20)16-12;;;/h5-6H,1-2,4H2,3H3;;;/q-3;;;. The molecular weight excluding hydrogens is 808 g/mol. The quantitative estimate of drug-likeness (QED) is 0.247. The van der Waals surface area contributed by atoms with Crippen molar-refractivity contribution < 1.29 is 63.2 Å². The van der Waals surface area contributed by atoms with Gasteiger partial charge in [-0.05, 0) is 5.52 Å². The number of hydrogen-bond donors (Lipinski definition) is 0. The second kappa shape index (κ2) is 7.83. The summed E-state index contributed by atoms with van der Waals surface area (Å²) in [6.45, 7) is 7.74. The predicted octanol–water partition coefficient (Wildman–Crippen LogP) is 0.592. The largest absolute Gasteiger partial charge is 0.399 e. The smallest absolute Gasteiger partial charge is 0.239 e. The molecule has 0 aliphatic carbocycles. The number of benzene rings is 1. The van der Waals surface area contributed by atoms with Crippen molar-refractivity contribution in [2.45, 2.75) is 0 Å². The summed E-state index contributed by atoms with van der Waals surface area (Å²) in [5.41, 5.74) is 1.63. The average Bonchev–Trinajstić information content (AvgIpc) is 2.41. The minimum atomic E-state index is -0.706. The van der Waals surface area contributed by atoms with E-state index in [1.807, 2.05) is 0 Å². The average molecular weight is 819 g/mol. The van der Waals surface area contributed by atoms with Crippen LogP contribution in [0.4, 0.5) is 0 Å². The van der Waals surface area contributed by atoms with E-state index in [2.05, 4.69) is 30.9 Å². The molecule has 0 N–H and O–H groups in total. The maximum absolute atomic E-state index is 12.1. The Morgan fingerprint density at radius 3 is 2.17 bits per heavy atom. The van der Waals surface area contributed by atoms with Crippen LogP contribution < -0.4 is 11.2 Å². The van der Waals surface area contributed by atoms with Gasteiger partial charge in [0.15, 0.2) is 5.56 Å². The van der Waals surface area contributed by atoms with Gasteiger partial charge < -0.3 is 18.7 Å². The Morgan fingerprint density at radius 1 is 1.00 bits per heavy atom. The van der Waals surface area contributed by atoms with Gasteiger partial charge in [-0.25, -0.2) is 4.98 Å². The summed E-state index contributed by atoms with van der Waals surface area (Å²) in [5.74, 6) is 0.226. The third-order valence-electron chi connectivity index (χ3n) is 3.30. The molecule has 2 aliphatic heterocycles.